The number of carbonyl (C=O) groups is 1. The minimum Gasteiger partial charge on any atom is -0.366 e. The van der Waals surface area contributed by atoms with Gasteiger partial charge in [-0.15, -0.1) is 15.3 Å². The second-order valence-corrected chi connectivity index (χ2v) is 3.81. The fourth-order valence-corrected chi connectivity index (χ4v) is 1.59. The molecule has 5 N–H and O–H groups in total. The Hall–Kier alpha value is -3.30. The number of anilines is 2. The molecule has 1 amide bonds. The van der Waals surface area contributed by atoms with Gasteiger partial charge in [0.15, 0.2) is 0 Å². The molecule has 0 atom stereocenters. The van der Waals surface area contributed by atoms with Gasteiger partial charge in [0.1, 0.15) is 0 Å². The lowest BCUT2D eigenvalue weighted by molar-refractivity contribution is 0.101. The summed E-state index contributed by atoms with van der Waals surface area (Å²) in [6.07, 6.45) is 0. The highest BCUT2D eigenvalue weighted by atomic mass is 16.2. The monoisotopic (exact) mass is 271 g/mol. The van der Waals surface area contributed by atoms with E-state index in [1.54, 1.807) is 24.3 Å². The number of nitrogen functional groups attached to an aromatic ring is 1. The largest absolute Gasteiger partial charge is 0.366 e. The van der Waals surface area contributed by atoms with Crippen LogP contribution in [0.3, 0.4) is 0 Å². The van der Waals surface area contributed by atoms with Gasteiger partial charge in [-0.1, -0.05) is 12.1 Å². The number of H-pyrrole nitrogens is 2. The molecule has 2 heterocycles. The van der Waals surface area contributed by atoms with Gasteiger partial charge in [-0.2, -0.15) is 10.2 Å². The molecule has 0 fully saturated rings. The van der Waals surface area contributed by atoms with Crippen LogP contribution in [0.1, 0.15) is 10.6 Å². The SMILES string of the molecule is Nc1n[nH]c(C(=O)Nc2cccc(-c3nn[nH]n3)c2)n1. The van der Waals surface area contributed by atoms with Gasteiger partial charge in [0.2, 0.25) is 17.6 Å². The van der Waals surface area contributed by atoms with E-state index >= 15 is 0 Å². The molecule has 0 aliphatic heterocycles. The van der Waals surface area contributed by atoms with E-state index in [0.717, 1.165) is 0 Å². The van der Waals surface area contributed by atoms with Crippen LogP contribution in [0, 0.1) is 0 Å². The van der Waals surface area contributed by atoms with E-state index in [2.05, 4.69) is 41.1 Å². The third kappa shape index (κ3) is 2.29. The zero-order valence-electron chi connectivity index (χ0n) is 10.0. The molecule has 3 aromatic rings. The number of nitrogens with one attached hydrogen (secondary N) is 3. The van der Waals surface area contributed by atoms with E-state index in [-0.39, 0.29) is 11.8 Å². The van der Waals surface area contributed by atoms with E-state index < -0.39 is 5.91 Å². The number of aromatic amines is 2. The van der Waals surface area contributed by atoms with Crippen LogP contribution in [0.15, 0.2) is 24.3 Å². The number of nitrogens with two attached hydrogens (primary N) is 1. The van der Waals surface area contributed by atoms with Gasteiger partial charge in [0, 0.05) is 11.3 Å². The van der Waals surface area contributed by atoms with Gasteiger partial charge >= 0.3 is 0 Å². The molecule has 0 bridgehead atoms. The fourth-order valence-electron chi connectivity index (χ4n) is 1.59. The van der Waals surface area contributed by atoms with Gasteiger partial charge < -0.3 is 11.1 Å². The van der Waals surface area contributed by atoms with Crippen LogP contribution < -0.4 is 11.1 Å². The second-order valence-electron chi connectivity index (χ2n) is 3.81. The molecule has 10 nitrogen and oxygen atoms in total. The second kappa shape index (κ2) is 4.76. The molecule has 0 aliphatic rings. The van der Waals surface area contributed by atoms with E-state index in [1.807, 2.05) is 0 Å². The summed E-state index contributed by atoms with van der Waals surface area (Å²) in [6, 6.07) is 6.99. The van der Waals surface area contributed by atoms with Gasteiger partial charge in [-0.3, -0.25) is 9.89 Å². The number of hydrogen-bond donors (Lipinski definition) is 4. The first-order valence-corrected chi connectivity index (χ1v) is 5.55. The van der Waals surface area contributed by atoms with Gasteiger partial charge in [0.25, 0.3) is 5.91 Å². The quantitative estimate of drug-likeness (QED) is 0.515. The van der Waals surface area contributed by atoms with Crippen LogP contribution in [0.5, 0.6) is 0 Å². The predicted molar refractivity (Wildman–Crippen MR) is 68.4 cm³/mol. The highest BCUT2D eigenvalue weighted by molar-refractivity contribution is 6.01. The van der Waals surface area contributed by atoms with E-state index in [4.69, 9.17) is 5.73 Å². The van der Waals surface area contributed by atoms with Crippen LogP contribution in [0.2, 0.25) is 0 Å². The molecule has 1 aromatic carbocycles. The van der Waals surface area contributed by atoms with Crippen molar-refractivity contribution in [3.8, 4) is 11.4 Å². The molecular formula is C10H9N9O. The third-order valence-corrected chi connectivity index (χ3v) is 2.44. The van der Waals surface area contributed by atoms with Crippen molar-refractivity contribution < 1.29 is 4.79 Å². The van der Waals surface area contributed by atoms with E-state index in [0.29, 0.717) is 17.1 Å². The number of rotatable bonds is 3. The summed E-state index contributed by atoms with van der Waals surface area (Å²) in [5.41, 5.74) is 6.62. The summed E-state index contributed by atoms with van der Waals surface area (Å²) in [7, 11) is 0. The number of carbonyl (C=O) groups excluding carboxylic acids is 1. The Morgan fingerprint density at radius 1 is 1.30 bits per heavy atom. The maximum atomic E-state index is 11.9. The average Bonchev–Trinajstić information content (AvgIpc) is 3.10. The predicted octanol–water partition coefficient (Wildman–Crippen LogP) is -0.181. The highest BCUT2D eigenvalue weighted by Crippen LogP contribution is 2.18. The normalized spacial score (nSPS) is 10.4. The molecular weight excluding hydrogens is 262 g/mol. The summed E-state index contributed by atoms with van der Waals surface area (Å²) in [6.45, 7) is 0. The third-order valence-electron chi connectivity index (χ3n) is 2.44. The zero-order valence-corrected chi connectivity index (χ0v) is 10.0. The molecule has 0 unspecified atom stereocenters. The molecule has 20 heavy (non-hydrogen) atoms. The van der Waals surface area contributed by atoms with Crippen LogP contribution in [0.25, 0.3) is 11.4 Å². The Kier molecular flexibility index (Phi) is 2.80. The van der Waals surface area contributed by atoms with Crippen molar-refractivity contribution in [2.75, 3.05) is 11.1 Å². The van der Waals surface area contributed by atoms with Crippen molar-refractivity contribution in [3.63, 3.8) is 0 Å². The number of aromatic nitrogens is 7. The maximum absolute atomic E-state index is 11.9. The summed E-state index contributed by atoms with van der Waals surface area (Å²) in [5.74, 6) is 0.0348. The molecule has 3 rings (SSSR count). The zero-order chi connectivity index (χ0) is 13.9. The lowest BCUT2D eigenvalue weighted by Crippen LogP contribution is -2.13. The topological polar surface area (TPSA) is 151 Å². The summed E-state index contributed by atoms with van der Waals surface area (Å²) >= 11 is 0. The summed E-state index contributed by atoms with van der Waals surface area (Å²) in [4.78, 5) is 15.6. The summed E-state index contributed by atoms with van der Waals surface area (Å²) in [5, 5.41) is 22.2. The van der Waals surface area contributed by atoms with Crippen molar-refractivity contribution in [1.82, 2.24) is 35.8 Å². The Labute approximate surface area is 111 Å². The molecule has 0 aliphatic carbocycles. The molecule has 0 saturated carbocycles. The number of benzene rings is 1. The number of nitrogens with zero attached hydrogens (tertiary/aromatic N) is 5. The first-order valence-electron chi connectivity index (χ1n) is 5.55. The Bertz CT molecular complexity index is 733. The van der Waals surface area contributed by atoms with Gasteiger partial charge in [-0.05, 0) is 17.3 Å². The lowest BCUT2D eigenvalue weighted by Gasteiger charge is -2.03. The molecule has 10 heteroatoms. The number of hydrogen-bond acceptors (Lipinski definition) is 7. The molecule has 0 saturated heterocycles. The highest BCUT2D eigenvalue weighted by Gasteiger charge is 2.11. The van der Waals surface area contributed by atoms with E-state index in [9.17, 15) is 4.79 Å². The van der Waals surface area contributed by atoms with Gasteiger partial charge in [-0.25, -0.2) is 0 Å². The van der Waals surface area contributed by atoms with Crippen molar-refractivity contribution in [1.29, 1.82) is 0 Å². The Morgan fingerprint density at radius 2 is 2.20 bits per heavy atom. The first-order chi connectivity index (χ1) is 9.72. The average molecular weight is 271 g/mol. The number of tetrazole rings is 1. The van der Waals surface area contributed by atoms with E-state index in [1.165, 1.54) is 0 Å². The van der Waals surface area contributed by atoms with Crippen LogP contribution in [0.4, 0.5) is 11.6 Å². The minimum atomic E-state index is -0.445. The maximum Gasteiger partial charge on any atom is 0.293 e. The Morgan fingerprint density at radius 3 is 2.90 bits per heavy atom. The number of amides is 1. The fraction of sp³-hybridized carbons (Fsp3) is 0. The lowest BCUT2D eigenvalue weighted by atomic mass is 10.2. The molecule has 2 aromatic heterocycles. The molecule has 0 radical (unpaired) electrons. The van der Waals surface area contributed by atoms with Crippen LogP contribution in [-0.2, 0) is 0 Å². The van der Waals surface area contributed by atoms with Crippen molar-refractivity contribution in [2.45, 2.75) is 0 Å². The van der Waals surface area contributed by atoms with Gasteiger partial charge in [0.05, 0.1) is 0 Å². The van der Waals surface area contributed by atoms with Crippen LogP contribution >= 0.6 is 0 Å². The molecule has 100 valence electrons. The first kappa shape index (κ1) is 11.8. The smallest absolute Gasteiger partial charge is 0.293 e. The summed E-state index contributed by atoms with van der Waals surface area (Å²) < 4.78 is 0. The molecule has 0 spiro atoms. The standard InChI is InChI=1S/C10H9N9O/c11-10-13-8(14-17-10)9(20)12-6-3-1-2-5(4-6)7-15-18-19-16-7/h1-4H,(H,12,20)(H3,11,13,14,17)(H,15,16,18,19). The Balaban J connectivity index is 1.81. The van der Waals surface area contributed by atoms with Crippen molar-refractivity contribution >= 4 is 17.5 Å². The van der Waals surface area contributed by atoms with Crippen LogP contribution in [-0.4, -0.2) is 41.7 Å². The van der Waals surface area contributed by atoms with Crippen molar-refractivity contribution in [3.05, 3.63) is 30.1 Å². The van der Waals surface area contributed by atoms with Crippen molar-refractivity contribution in [2.24, 2.45) is 0 Å². The minimum absolute atomic E-state index is 0.00991.